The number of carboxylic acid groups (broad SMARTS) is 1. The number of aryl methyl sites for hydroxylation is 2. The van der Waals surface area contributed by atoms with Gasteiger partial charge in [-0.15, -0.1) is 0 Å². The summed E-state index contributed by atoms with van der Waals surface area (Å²) in [6, 6.07) is 3.66. The molecule has 3 heteroatoms. The van der Waals surface area contributed by atoms with Gasteiger partial charge in [-0.2, -0.15) is 0 Å². The number of carbonyl (C=O) groups is 1. The Morgan fingerprint density at radius 3 is 2.08 bits per heavy atom. The summed E-state index contributed by atoms with van der Waals surface area (Å²) >= 11 is 0. The van der Waals surface area contributed by atoms with Gasteiger partial charge in [-0.1, -0.05) is 0 Å². The fourth-order valence-electron chi connectivity index (χ4n) is 1.23. The lowest BCUT2D eigenvalue weighted by atomic mass is 10.0. The summed E-state index contributed by atoms with van der Waals surface area (Å²) in [7, 11) is 0. The van der Waals surface area contributed by atoms with Crippen molar-refractivity contribution in [3.63, 3.8) is 0 Å². The van der Waals surface area contributed by atoms with Gasteiger partial charge in [-0.25, -0.2) is 4.79 Å². The van der Waals surface area contributed by atoms with Crippen LogP contribution >= 0.6 is 0 Å². The van der Waals surface area contributed by atoms with Gasteiger partial charge in [0.25, 0.3) is 0 Å². The quantitative estimate of drug-likeness (QED) is 0.696. The van der Waals surface area contributed by atoms with Gasteiger partial charge in [-0.05, 0) is 49.6 Å². The van der Waals surface area contributed by atoms with Gasteiger partial charge >= 0.3 is 6.09 Å². The van der Waals surface area contributed by atoms with Crippen LogP contribution in [0.25, 0.3) is 0 Å². The monoisotopic (exact) mass is 179 g/mol. The van der Waals surface area contributed by atoms with Crippen LogP contribution in [-0.2, 0) is 0 Å². The zero-order chi connectivity index (χ0) is 10.0. The first-order valence-electron chi connectivity index (χ1n) is 4.08. The molecular weight excluding hydrogens is 166 g/mol. The molecule has 0 saturated heterocycles. The van der Waals surface area contributed by atoms with Crippen molar-refractivity contribution in [3.05, 3.63) is 28.8 Å². The van der Waals surface area contributed by atoms with Crippen molar-refractivity contribution in [2.75, 3.05) is 5.32 Å². The van der Waals surface area contributed by atoms with E-state index < -0.39 is 6.09 Å². The first-order valence-corrected chi connectivity index (χ1v) is 4.08. The van der Waals surface area contributed by atoms with Gasteiger partial charge in [0.1, 0.15) is 0 Å². The zero-order valence-electron chi connectivity index (χ0n) is 8.01. The van der Waals surface area contributed by atoms with Crippen molar-refractivity contribution >= 4 is 11.8 Å². The van der Waals surface area contributed by atoms with Crippen LogP contribution in [0.5, 0.6) is 0 Å². The third-order valence-corrected chi connectivity index (χ3v) is 2.18. The molecule has 70 valence electrons. The average molecular weight is 179 g/mol. The van der Waals surface area contributed by atoms with Crippen LogP contribution < -0.4 is 5.32 Å². The maximum atomic E-state index is 10.4. The predicted octanol–water partition coefficient (Wildman–Crippen LogP) is 2.70. The predicted molar refractivity (Wildman–Crippen MR) is 52.3 cm³/mol. The summed E-state index contributed by atoms with van der Waals surface area (Å²) in [6.07, 6.45) is -1.03. The van der Waals surface area contributed by atoms with Crippen LogP contribution in [0.1, 0.15) is 16.7 Å². The number of hydrogen-bond donors (Lipinski definition) is 2. The van der Waals surface area contributed by atoms with E-state index in [9.17, 15) is 4.79 Å². The Bertz CT molecular complexity index is 322. The van der Waals surface area contributed by atoms with E-state index in [2.05, 4.69) is 5.32 Å². The van der Waals surface area contributed by atoms with Crippen molar-refractivity contribution in [1.29, 1.82) is 0 Å². The Balaban J connectivity index is 3.06. The van der Waals surface area contributed by atoms with Crippen molar-refractivity contribution in [3.8, 4) is 0 Å². The Morgan fingerprint density at radius 2 is 1.69 bits per heavy atom. The molecule has 0 aliphatic rings. The van der Waals surface area contributed by atoms with E-state index in [1.807, 2.05) is 32.9 Å². The lowest BCUT2D eigenvalue weighted by Gasteiger charge is -2.08. The lowest BCUT2D eigenvalue weighted by Crippen LogP contribution is -2.07. The Labute approximate surface area is 77.4 Å². The number of nitrogens with one attached hydrogen (secondary N) is 1. The van der Waals surface area contributed by atoms with Gasteiger partial charge in [0, 0.05) is 5.69 Å². The maximum absolute atomic E-state index is 10.4. The molecule has 0 atom stereocenters. The zero-order valence-corrected chi connectivity index (χ0v) is 8.01. The number of amides is 1. The first kappa shape index (κ1) is 9.58. The smallest absolute Gasteiger partial charge is 0.409 e. The molecule has 1 aromatic carbocycles. The molecule has 3 nitrogen and oxygen atoms in total. The molecule has 0 aromatic heterocycles. The van der Waals surface area contributed by atoms with E-state index in [0.717, 1.165) is 11.1 Å². The number of rotatable bonds is 1. The van der Waals surface area contributed by atoms with E-state index in [0.29, 0.717) is 5.69 Å². The molecule has 0 fully saturated rings. The van der Waals surface area contributed by atoms with Gasteiger partial charge in [0.05, 0.1) is 0 Å². The van der Waals surface area contributed by atoms with Crippen molar-refractivity contribution in [2.24, 2.45) is 0 Å². The normalized spacial score (nSPS) is 9.77. The summed E-state index contributed by atoms with van der Waals surface area (Å²) in [5.41, 5.74) is 4.04. The highest BCUT2D eigenvalue weighted by atomic mass is 16.4. The Kier molecular flexibility index (Phi) is 2.56. The standard InChI is InChI=1S/C10H13NO2/c1-6-4-9(11-10(12)13)5-7(2)8(6)3/h4-5,11H,1-3H3,(H,12,13). The summed E-state index contributed by atoms with van der Waals surface area (Å²) in [5.74, 6) is 0. The largest absolute Gasteiger partial charge is 0.465 e. The van der Waals surface area contributed by atoms with Gasteiger partial charge in [0.2, 0.25) is 0 Å². The topological polar surface area (TPSA) is 49.3 Å². The minimum absolute atomic E-state index is 0.633. The van der Waals surface area contributed by atoms with E-state index >= 15 is 0 Å². The van der Waals surface area contributed by atoms with Gasteiger partial charge in [0.15, 0.2) is 0 Å². The molecule has 0 unspecified atom stereocenters. The van der Waals surface area contributed by atoms with Crippen LogP contribution in [0.3, 0.4) is 0 Å². The number of benzene rings is 1. The molecule has 13 heavy (non-hydrogen) atoms. The van der Waals surface area contributed by atoms with Crippen LogP contribution in [0, 0.1) is 20.8 Å². The number of anilines is 1. The molecule has 0 heterocycles. The summed E-state index contributed by atoms with van der Waals surface area (Å²) in [4.78, 5) is 10.4. The van der Waals surface area contributed by atoms with E-state index in [4.69, 9.17) is 5.11 Å². The summed E-state index contributed by atoms with van der Waals surface area (Å²) < 4.78 is 0. The van der Waals surface area contributed by atoms with Crippen LogP contribution in [0.4, 0.5) is 10.5 Å². The molecule has 0 spiro atoms. The van der Waals surface area contributed by atoms with Gasteiger partial charge in [-0.3, -0.25) is 5.32 Å². The van der Waals surface area contributed by atoms with Crippen LogP contribution in [-0.4, -0.2) is 11.2 Å². The molecular formula is C10H13NO2. The minimum Gasteiger partial charge on any atom is -0.465 e. The lowest BCUT2D eigenvalue weighted by molar-refractivity contribution is 0.210. The first-order chi connectivity index (χ1) is 6.00. The minimum atomic E-state index is -1.03. The average Bonchev–Trinajstić information content (AvgIpc) is 1.98. The van der Waals surface area contributed by atoms with Crippen molar-refractivity contribution < 1.29 is 9.90 Å². The number of hydrogen-bond acceptors (Lipinski definition) is 1. The van der Waals surface area contributed by atoms with E-state index in [-0.39, 0.29) is 0 Å². The second-order valence-electron chi connectivity index (χ2n) is 3.17. The highest BCUT2D eigenvalue weighted by Crippen LogP contribution is 2.18. The summed E-state index contributed by atoms with van der Waals surface area (Å²) in [6.45, 7) is 5.96. The highest BCUT2D eigenvalue weighted by molar-refractivity contribution is 5.83. The molecule has 0 bridgehead atoms. The molecule has 0 saturated carbocycles. The molecule has 0 aliphatic carbocycles. The fraction of sp³-hybridized carbons (Fsp3) is 0.300. The van der Waals surface area contributed by atoms with Gasteiger partial charge < -0.3 is 5.11 Å². The maximum Gasteiger partial charge on any atom is 0.409 e. The van der Waals surface area contributed by atoms with E-state index in [1.165, 1.54) is 5.56 Å². The third-order valence-electron chi connectivity index (χ3n) is 2.18. The third kappa shape index (κ3) is 2.21. The Hall–Kier alpha value is -1.51. The molecule has 1 aromatic rings. The Morgan fingerprint density at radius 1 is 1.23 bits per heavy atom. The van der Waals surface area contributed by atoms with Crippen LogP contribution in [0.15, 0.2) is 12.1 Å². The second-order valence-corrected chi connectivity index (χ2v) is 3.17. The molecule has 1 amide bonds. The second kappa shape index (κ2) is 3.47. The van der Waals surface area contributed by atoms with E-state index in [1.54, 1.807) is 0 Å². The van der Waals surface area contributed by atoms with Crippen molar-refractivity contribution in [1.82, 2.24) is 0 Å². The molecule has 2 N–H and O–H groups in total. The molecule has 0 aliphatic heterocycles. The molecule has 1 rings (SSSR count). The van der Waals surface area contributed by atoms with Crippen LogP contribution in [0.2, 0.25) is 0 Å². The highest BCUT2D eigenvalue weighted by Gasteiger charge is 2.02. The summed E-state index contributed by atoms with van der Waals surface area (Å²) in [5, 5.41) is 10.8. The molecule has 0 radical (unpaired) electrons. The fourth-order valence-corrected chi connectivity index (χ4v) is 1.23. The van der Waals surface area contributed by atoms with Crippen molar-refractivity contribution in [2.45, 2.75) is 20.8 Å². The SMILES string of the molecule is Cc1cc(NC(=O)O)cc(C)c1C.